The van der Waals surface area contributed by atoms with Crippen molar-refractivity contribution in [2.24, 2.45) is 5.92 Å². The van der Waals surface area contributed by atoms with Gasteiger partial charge in [-0.25, -0.2) is 0 Å². The molecule has 1 aromatic rings. The number of ether oxygens (including phenoxy) is 3. The van der Waals surface area contributed by atoms with Gasteiger partial charge in [-0.3, -0.25) is 0 Å². The van der Waals surface area contributed by atoms with Gasteiger partial charge in [-0.15, -0.1) is 0 Å². The molecule has 2 aliphatic rings. The molecule has 0 saturated heterocycles. The van der Waals surface area contributed by atoms with E-state index in [-0.39, 0.29) is 17.8 Å². The molecule has 0 fully saturated rings. The van der Waals surface area contributed by atoms with Gasteiger partial charge in [-0.1, -0.05) is 12.7 Å². The summed E-state index contributed by atoms with van der Waals surface area (Å²) in [5.74, 6) is 2.51. The molecule has 2 aliphatic heterocycles. The molecule has 1 aromatic carbocycles. The second-order valence-electron chi connectivity index (χ2n) is 5.16. The summed E-state index contributed by atoms with van der Waals surface area (Å²) in [6, 6.07) is 5.12. The molecule has 4 heteroatoms. The van der Waals surface area contributed by atoms with Gasteiger partial charge < -0.3 is 19.3 Å². The van der Waals surface area contributed by atoms with Crippen LogP contribution in [-0.4, -0.2) is 18.8 Å². The minimum Gasteiger partial charge on any atom is -0.508 e. The van der Waals surface area contributed by atoms with Crippen molar-refractivity contribution in [3.8, 4) is 11.5 Å². The van der Waals surface area contributed by atoms with Crippen molar-refractivity contribution in [2.75, 3.05) is 13.7 Å². The highest BCUT2D eigenvalue weighted by Gasteiger charge is 2.40. The summed E-state index contributed by atoms with van der Waals surface area (Å²) in [4.78, 5) is 0. The van der Waals surface area contributed by atoms with Gasteiger partial charge in [0.2, 0.25) is 0 Å². The lowest BCUT2D eigenvalue weighted by Crippen LogP contribution is -2.24. The molecule has 0 aromatic heterocycles. The monoisotopic (exact) mass is 286 g/mol. The third-order valence-corrected chi connectivity index (χ3v) is 3.90. The Morgan fingerprint density at radius 2 is 2.29 bits per heavy atom. The number of hydrogen-bond acceptors (Lipinski definition) is 4. The first-order chi connectivity index (χ1) is 10.1. The molecule has 0 radical (unpaired) electrons. The van der Waals surface area contributed by atoms with Crippen LogP contribution in [0.2, 0.25) is 0 Å². The largest absolute Gasteiger partial charge is 0.508 e. The Labute approximate surface area is 124 Å². The topological polar surface area (TPSA) is 47.9 Å². The number of phenols is 1. The van der Waals surface area contributed by atoms with Crippen LogP contribution in [0.25, 0.3) is 0 Å². The molecule has 21 heavy (non-hydrogen) atoms. The Hall–Kier alpha value is -2.36. The van der Waals surface area contributed by atoms with Gasteiger partial charge in [0.15, 0.2) is 0 Å². The number of benzene rings is 1. The molecule has 3 rings (SSSR count). The smallest absolute Gasteiger partial charge is 0.138 e. The second-order valence-corrected chi connectivity index (χ2v) is 5.16. The fraction of sp³-hybridized carbons (Fsp3) is 0.294. The zero-order chi connectivity index (χ0) is 15.0. The van der Waals surface area contributed by atoms with Gasteiger partial charge in [0.05, 0.1) is 25.4 Å². The Bertz CT molecular complexity index is 642. The fourth-order valence-corrected chi connectivity index (χ4v) is 2.77. The maximum absolute atomic E-state index is 9.56. The maximum Gasteiger partial charge on any atom is 0.138 e. The normalized spacial score (nSPS) is 23.8. The third-order valence-electron chi connectivity index (χ3n) is 3.90. The summed E-state index contributed by atoms with van der Waals surface area (Å²) in [5, 5.41) is 9.56. The van der Waals surface area contributed by atoms with E-state index in [0.29, 0.717) is 12.4 Å². The molecule has 0 unspecified atom stereocenters. The zero-order valence-corrected chi connectivity index (χ0v) is 12.1. The van der Waals surface area contributed by atoms with Crippen molar-refractivity contribution in [3.63, 3.8) is 0 Å². The molecule has 1 N–H and O–H groups in total. The van der Waals surface area contributed by atoms with Gasteiger partial charge in [0.1, 0.15) is 23.4 Å². The molecule has 2 heterocycles. The van der Waals surface area contributed by atoms with Crippen molar-refractivity contribution in [2.45, 2.75) is 13.0 Å². The number of hydrogen-bond donors (Lipinski definition) is 1. The quantitative estimate of drug-likeness (QED) is 0.864. The van der Waals surface area contributed by atoms with E-state index in [9.17, 15) is 5.11 Å². The van der Waals surface area contributed by atoms with E-state index < -0.39 is 0 Å². The summed E-state index contributed by atoms with van der Waals surface area (Å²) in [7, 11) is 1.63. The van der Waals surface area contributed by atoms with Crippen molar-refractivity contribution < 1.29 is 19.3 Å². The molecule has 4 nitrogen and oxygen atoms in total. The van der Waals surface area contributed by atoms with E-state index in [1.165, 1.54) is 0 Å². The maximum atomic E-state index is 9.56. The first kappa shape index (κ1) is 13.6. The van der Waals surface area contributed by atoms with Crippen molar-refractivity contribution >= 4 is 0 Å². The first-order valence-corrected chi connectivity index (χ1v) is 6.85. The summed E-state index contributed by atoms with van der Waals surface area (Å²) in [6.07, 6.45) is 3.57. The molecule has 110 valence electrons. The second kappa shape index (κ2) is 5.20. The molecule has 0 amide bonds. The lowest BCUT2D eigenvalue weighted by atomic mass is 9.88. The van der Waals surface area contributed by atoms with Crippen LogP contribution in [0.4, 0.5) is 0 Å². The van der Waals surface area contributed by atoms with Gasteiger partial charge in [0, 0.05) is 23.3 Å². The summed E-state index contributed by atoms with van der Waals surface area (Å²) in [5.41, 5.74) is 1.97. The van der Waals surface area contributed by atoms with Gasteiger partial charge in [0.25, 0.3) is 0 Å². The molecular weight excluding hydrogens is 268 g/mol. The van der Waals surface area contributed by atoms with Crippen molar-refractivity contribution in [3.05, 3.63) is 59.6 Å². The van der Waals surface area contributed by atoms with E-state index >= 15 is 0 Å². The Balaban J connectivity index is 1.99. The Morgan fingerprint density at radius 1 is 1.48 bits per heavy atom. The van der Waals surface area contributed by atoms with Gasteiger partial charge in [-0.2, -0.15) is 0 Å². The van der Waals surface area contributed by atoms with Crippen molar-refractivity contribution in [1.29, 1.82) is 0 Å². The number of rotatable bonds is 3. The van der Waals surface area contributed by atoms with E-state index in [1.807, 2.05) is 25.1 Å². The summed E-state index contributed by atoms with van der Waals surface area (Å²) < 4.78 is 17.0. The lowest BCUT2D eigenvalue weighted by molar-refractivity contribution is 0.0734. The molecule has 0 spiro atoms. The minimum absolute atomic E-state index is 0.107. The van der Waals surface area contributed by atoms with E-state index in [4.69, 9.17) is 14.2 Å². The van der Waals surface area contributed by atoms with Gasteiger partial charge in [-0.05, 0) is 19.1 Å². The molecular formula is C17H18O4. The molecule has 0 bridgehead atoms. The van der Waals surface area contributed by atoms with Gasteiger partial charge >= 0.3 is 0 Å². The van der Waals surface area contributed by atoms with Crippen LogP contribution in [0.15, 0.2) is 54.0 Å². The zero-order valence-electron chi connectivity index (χ0n) is 12.1. The summed E-state index contributed by atoms with van der Waals surface area (Å²) in [6.45, 7) is 6.27. The predicted octanol–water partition coefficient (Wildman–Crippen LogP) is 3.46. The average molecular weight is 286 g/mol. The van der Waals surface area contributed by atoms with E-state index in [1.54, 1.807) is 19.2 Å². The third kappa shape index (κ3) is 2.27. The van der Waals surface area contributed by atoms with Crippen LogP contribution in [-0.2, 0) is 9.47 Å². The lowest BCUT2D eigenvalue weighted by Gasteiger charge is -2.28. The van der Waals surface area contributed by atoms with Crippen LogP contribution in [0.3, 0.4) is 0 Å². The fourth-order valence-electron chi connectivity index (χ4n) is 2.77. The number of allylic oxidation sites excluding steroid dienone is 3. The highest BCUT2D eigenvalue weighted by molar-refractivity contribution is 5.47. The number of phenolic OH excluding ortho intramolecular Hbond substituents is 1. The number of aromatic hydroxyl groups is 1. The minimum atomic E-state index is -0.113. The van der Waals surface area contributed by atoms with E-state index in [2.05, 4.69) is 6.58 Å². The van der Waals surface area contributed by atoms with Crippen molar-refractivity contribution in [1.82, 2.24) is 0 Å². The SMILES string of the molecule is C=CC1=C(/C=C(\C)OC)O[C@@H]2c3ccc(O)cc3OC[C@H]12. The van der Waals surface area contributed by atoms with Crippen LogP contribution >= 0.6 is 0 Å². The highest BCUT2D eigenvalue weighted by Crippen LogP contribution is 2.48. The molecule has 0 saturated carbocycles. The molecule has 2 atom stereocenters. The van der Waals surface area contributed by atoms with Crippen LogP contribution < -0.4 is 4.74 Å². The number of methoxy groups -OCH3 is 1. The average Bonchev–Trinajstić information content (AvgIpc) is 2.83. The van der Waals surface area contributed by atoms with Crippen LogP contribution in [0, 0.1) is 5.92 Å². The summed E-state index contributed by atoms with van der Waals surface area (Å²) >= 11 is 0. The predicted molar refractivity (Wildman–Crippen MR) is 78.9 cm³/mol. The van der Waals surface area contributed by atoms with Crippen LogP contribution in [0.5, 0.6) is 11.5 Å². The first-order valence-electron chi connectivity index (χ1n) is 6.85. The number of fused-ring (bicyclic) bond motifs is 3. The Morgan fingerprint density at radius 3 is 3.00 bits per heavy atom. The molecule has 0 aliphatic carbocycles. The Kier molecular flexibility index (Phi) is 3.37. The van der Waals surface area contributed by atoms with E-state index in [0.717, 1.165) is 22.7 Å². The van der Waals surface area contributed by atoms with Crippen LogP contribution in [0.1, 0.15) is 18.6 Å². The standard InChI is InChI=1S/C17H18O4/c1-4-12-14-9-20-15-8-11(18)5-6-13(15)17(14)21-16(12)7-10(2)19-3/h4-8,14,17-18H,1,9H2,2-3H3/b10-7+/t14-,17-/m1/s1. The highest BCUT2D eigenvalue weighted by atomic mass is 16.5.